The Bertz CT molecular complexity index is 1440. The first-order valence-corrected chi connectivity index (χ1v) is 14.1. The second-order valence-corrected chi connectivity index (χ2v) is 11.3. The zero-order valence-corrected chi connectivity index (χ0v) is 28.1. The van der Waals surface area contributed by atoms with Gasteiger partial charge in [0.15, 0.2) is 0 Å². The van der Waals surface area contributed by atoms with Crippen molar-refractivity contribution in [1.82, 2.24) is 0 Å². The first kappa shape index (κ1) is 33.7. The van der Waals surface area contributed by atoms with Crippen molar-refractivity contribution in [2.45, 2.75) is 0 Å². The summed E-state index contributed by atoms with van der Waals surface area (Å²) < 4.78 is 0. The van der Waals surface area contributed by atoms with Gasteiger partial charge in [-0.1, -0.05) is 117 Å². The Morgan fingerprint density at radius 1 is 0.436 bits per heavy atom. The number of hydrogen-bond donors (Lipinski definition) is 0. The number of halogens is 4. The zero-order valence-electron chi connectivity index (χ0n) is 20.7. The number of hydrogen-bond acceptors (Lipinski definition) is 0. The molecule has 2 heterocycles. The maximum absolute atomic E-state index is 6.23. The van der Waals surface area contributed by atoms with Crippen LogP contribution in [0, 0.1) is 0 Å². The third-order valence-corrected chi connectivity index (χ3v) is 8.94. The summed E-state index contributed by atoms with van der Waals surface area (Å²) in [5.41, 5.74) is 4.81. The molecule has 0 fully saturated rings. The number of benzene rings is 4. The molecule has 7 heteroatoms. The van der Waals surface area contributed by atoms with Gasteiger partial charge in [-0.25, -0.2) is 0 Å². The second-order valence-electron chi connectivity index (χ2n) is 8.12. The van der Waals surface area contributed by atoms with Gasteiger partial charge in [-0.3, -0.25) is 0 Å². The Kier molecular flexibility index (Phi) is 14.4. The SMILES string of the molecule is Cl.Cl.Clc1ccccc1-c1cc[c-](-c2ccccc2)p1.Clc1ccccc1-c1cc[c-](-c2ccccc2)p1.[Zr+2]. The van der Waals surface area contributed by atoms with Crippen molar-refractivity contribution in [2.24, 2.45) is 0 Å². The van der Waals surface area contributed by atoms with Crippen LogP contribution in [0.15, 0.2) is 133 Å². The summed E-state index contributed by atoms with van der Waals surface area (Å²) in [6.45, 7) is 0. The van der Waals surface area contributed by atoms with Crippen LogP contribution in [-0.4, -0.2) is 0 Å². The van der Waals surface area contributed by atoms with E-state index in [1.165, 1.54) is 48.7 Å². The molecular formula is C32H24Cl4P2Zr. The predicted octanol–water partition coefficient (Wildman–Crippen LogP) is 12.8. The Morgan fingerprint density at radius 2 is 0.769 bits per heavy atom. The zero-order chi connectivity index (χ0) is 24.7. The van der Waals surface area contributed by atoms with Crippen LogP contribution < -0.4 is 0 Å². The van der Waals surface area contributed by atoms with E-state index in [0.717, 1.165) is 21.2 Å². The molecule has 0 saturated carbocycles. The third-order valence-electron chi connectivity index (χ3n) is 5.72. The average molecular weight is 704 g/mol. The van der Waals surface area contributed by atoms with Gasteiger partial charge in [0.1, 0.15) is 0 Å². The standard InChI is InChI=1S/2C16H11ClP.2ClH.Zr/c2*17-14-9-5-4-8-13(14)16-11-10-15(18-16)12-6-2-1-3-7-12;;;/h2*1-11H;2*1H;/q2*-1;;;+2. The first-order chi connectivity index (χ1) is 17.7. The molecule has 6 rings (SSSR count). The van der Waals surface area contributed by atoms with E-state index < -0.39 is 0 Å². The summed E-state index contributed by atoms with van der Waals surface area (Å²) in [4.78, 5) is 0. The summed E-state index contributed by atoms with van der Waals surface area (Å²) >= 11 is 12.5. The average Bonchev–Trinajstić information content (AvgIpc) is 3.62. The van der Waals surface area contributed by atoms with Crippen molar-refractivity contribution in [3.63, 3.8) is 0 Å². The van der Waals surface area contributed by atoms with E-state index in [4.69, 9.17) is 23.2 Å². The molecule has 0 nitrogen and oxygen atoms in total. The topological polar surface area (TPSA) is 0 Å². The Morgan fingerprint density at radius 3 is 1.13 bits per heavy atom. The van der Waals surface area contributed by atoms with Gasteiger partial charge >= 0.3 is 26.2 Å². The molecule has 0 aliphatic heterocycles. The molecule has 0 N–H and O–H groups in total. The van der Waals surface area contributed by atoms with E-state index in [-0.39, 0.29) is 51.0 Å². The van der Waals surface area contributed by atoms with Gasteiger partial charge in [0.2, 0.25) is 0 Å². The molecule has 0 aliphatic carbocycles. The molecular weight excluding hydrogens is 679 g/mol. The normalized spacial score (nSPS) is 10.1. The Labute approximate surface area is 275 Å². The van der Waals surface area contributed by atoms with Gasteiger partial charge in [0.05, 0.1) is 0 Å². The van der Waals surface area contributed by atoms with Crippen molar-refractivity contribution in [3.05, 3.63) is 144 Å². The van der Waals surface area contributed by atoms with Gasteiger partial charge in [-0.2, -0.15) is 16.4 Å². The Balaban J connectivity index is 0.000000254. The minimum absolute atomic E-state index is 0. The summed E-state index contributed by atoms with van der Waals surface area (Å²) in [5, 5.41) is 6.81. The van der Waals surface area contributed by atoms with Gasteiger partial charge in [-0.05, 0) is 23.3 Å². The van der Waals surface area contributed by atoms with E-state index >= 15 is 0 Å². The van der Waals surface area contributed by atoms with E-state index in [0.29, 0.717) is 0 Å². The molecule has 0 aliphatic rings. The van der Waals surface area contributed by atoms with Gasteiger partial charge in [-0.15, -0.1) is 84.5 Å². The van der Waals surface area contributed by atoms with Crippen LogP contribution in [0.3, 0.4) is 0 Å². The Hall–Kier alpha value is -1.52. The van der Waals surface area contributed by atoms with E-state index in [9.17, 15) is 0 Å². The molecule has 0 saturated heterocycles. The van der Waals surface area contributed by atoms with Crippen molar-refractivity contribution < 1.29 is 26.2 Å². The minimum Gasteiger partial charge on any atom is -0.152 e. The molecule has 0 spiro atoms. The van der Waals surface area contributed by atoms with Crippen molar-refractivity contribution >= 4 is 64.4 Å². The molecule has 2 aromatic heterocycles. The molecule has 6 aromatic rings. The van der Waals surface area contributed by atoms with Crippen LogP contribution in [0.2, 0.25) is 10.0 Å². The van der Waals surface area contributed by atoms with Crippen molar-refractivity contribution in [3.8, 4) is 43.4 Å². The molecule has 0 unspecified atom stereocenters. The summed E-state index contributed by atoms with van der Waals surface area (Å²) in [6.07, 6.45) is 0. The minimum atomic E-state index is 0. The fraction of sp³-hybridized carbons (Fsp3) is 0. The van der Waals surface area contributed by atoms with E-state index in [1.54, 1.807) is 0 Å². The monoisotopic (exact) mass is 700 g/mol. The molecule has 4 aromatic carbocycles. The molecule has 0 amide bonds. The largest absolute Gasteiger partial charge is 2.00 e. The molecule has 39 heavy (non-hydrogen) atoms. The van der Waals surface area contributed by atoms with Crippen LogP contribution in [0.25, 0.3) is 43.4 Å². The fourth-order valence-corrected chi connectivity index (χ4v) is 6.81. The van der Waals surface area contributed by atoms with Crippen molar-refractivity contribution in [2.75, 3.05) is 0 Å². The maximum atomic E-state index is 6.23. The maximum Gasteiger partial charge on any atom is 2.00 e. The van der Waals surface area contributed by atoms with Crippen LogP contribution in [0.1, 0.15) is 0 Å². The van der Waals surface area contributed by atoms with E-state index in [2.05, 4.69) is 84.9 Å². The summed E-state index contributed by atoms with van der Waals surface area (Å²) in [7, 11) is 2.45. The predicted molar refractivity (Wildman–Crippen MR) is 175 cm³/mol. The first-order valence-electron chi connectivity index (χ1n) is 11.6. The smallest absolute Gasteiger partial charge is 0.152 e. The van der Waals surface area contributed by atoms with Gasteiger partial charge in [0.25, 0.3) is 0 Å². The van der Waals surface area contributed by atoms with E-state index in [1.807, 2.05) is 48.5 Å². The molecule has 0 radical (unpaired) electrons. The second kappa shape index (κ2) is 16.7. The van der Waals surface area contributed by atoms with Gasteiger partial charge in [0, 0.05) is 10.0 Å². The molecule has 194 valence electrons. The quantitative estimate of drug-likeness (QED) is 0.160. The van der Waals surface area contributed by atoms with Gasteiger partial charge < -0.3 is 0 Å². The van der Waals surface area contributed by atoms with Crippen LogP contribution in [-0.2, 0) is 26.2 Å². The molecule has 0 bridgehead atoms. The van der Waals surface area contributed by atoms with Crippen LogP contribution >= 0.6 is 64.4 Å². The van der Waals surface area contributed by atoms with Crippen LogP contribution in [0.5, 0.6) is 0 Å². The third kappa shape index (κ3) is 8.73. The summed E-state index contributed by atoms with van der Waals surface area (Å²) in [5.74, 6) is 0. The summed E-state index contributed by atoms with van der Waals surface area (Å²) in [6, 6.07) is 45.6. The van der Waals surface area contributed by atoms with Crippen molar-refractivity contribution in [1.29, 1.82) is 0 Å². The van der Waals surface area contributed by atoms with Crippen LogP contribution in [0.4, 0.5) is 0 Å². The molecule has 0 atom stereocenters. The fourth-order valence-electron chi connectivity index (χ4n) is 3.90. The number of rotatable bonds is 4.